The zero-order valence-electron chi connectivity index (χ0n) is 12.9. The molecule has 122 valence electrons. The Bertz CT molecular complexity index is 688. The Morgan fingerprint density at radius 3 is 2.26 bits per heavy atom. The van der Waals surface area contributed by atoms with Gasteiger partial charge < -0.3 is 4.74 Å². The summed E-state index contributed by atoms with van der Waals surface area (Å²) in [5.41, 5.74) is 1.52. The Balaban J connectivity index is 2.07. The molecule has 0 aromatic heterocycles. The summed E-state index contributed by atoms with van der Waals surface area (Å²) in [5, 5.41) is 0. The summed E-state index contributed by atoms with van der Waals surface area (Å²) in [5.74, 6) is 0.586. The van der Waals surface area contributed by atoms with Gasteiger partial charge in [-0.15, -0.1) is 0 Å². The van der Waals surface area contributed by atoms with Gasteiger partial charge in [-0.3, -0.25) is 4.79 Å². The first-order chi connectivity index (χ1) is 10.8. The van der Waals surface area contributed by atoms with Crippen molar-refractivity contribution >= 4 is 5.78 Å². The minimum Gasteiger partial charge on any atom is -0.489 e. The van der Waals surface area contributed by atoms with Crippen molar-refractivity contribution < 1.29 is 22.7 Å². The van der Waals surface area contributed by atoms with Crippen LogP contribution >= 0.6 is 0 Å². The molecular weight excluding hydrogens is 305 g/mol. The Morgan fingerprint density at radius 2 is 1.74 bits per heavy atom. The monoisotopic (exact) mass is 322 g/mol. The van der Waals surface area contributed by atoms with Gasteiger partial charge in [0.2, 0.25) is 0 Å². The average Bonchev–Trinajstić information content (AvgIpc) is 2.52. The molecule has 2 aromatic carbocycles. The molecule has 2 aromatic rings. The van der Waals surface area contributed by atoms with Crippen LogP contribution in [0.1, 0.15) is 40.9 Å². The number of rotatable bonds is 5. The SMILES string of the molecule is CCc1cc(OCc2ccc(C(F)(F)F)cc2)ccc1C(C)=O. The second-order valence-corrected chi connectivity index (χ2v) is 5.21. The molecule has 5 heteroatoms. The van der Waals surface area contributed by atoms with Crippen LogP contribution in [0.15, 0.2) is 42.5 Å². The first-order valence-corrected chi connectivity index (χ1v) is 7.24. The highest BCUT2D eigenvalue weighted by Gasteiger charge is 2.29. The number of ether oxygens (including phenoxy) is 1. The molecule has 2 rings (SSSR count). The van der Waals surface area contributed by atoms with E-state index >= 15 is 0 Å². The summed E-state index contributed by atoms with van der Waals surface area (Å²) >= 11 is 0. The van der Waals surface area contributed by atoms with Crippen molar-refractivity contribution in [1.29, 1.82) is 0 Å². The van der Waals surface area contributed by atoms with Gasteiger partial charge in [0.05, 0.1) is 5.56 Å². The molecule has 0 aliphatic carbocycles. The van der Waals surface area contributed by atoms with E-state index < -0.39 is 11.7 Å². The largest absolute Gasteiger partial charge is 0.489 e. The van der Waals surface area contributed by atoms with Gasteiger partial charge in [-0.1, -0.05) is 19.1 Å². The number of ketones is 1. The lowest BCUT2D eigenvalue weighted by molar-refractivity contribution is -0.137. The number of alkyl halides is 3. The molecule has 0 amide bonds. The van der Waals surface area contributed by atoms with E-state index in [1.807, 2.05) is 6.92 Å². The Hall–Kier alpha value is -2.30. The summed E-state index contributed by atoms with van der Waals surface area (Å²) in [7, 11) is 0. The van der Waals surface area contributed by atoms with Crippen LogP contribution in [0, 0.1) is 0 Å². The standard InChI is InChI=1S/C18H17F3O2/c1-3-14-10-16(8-9-17(14)12(2)22)23-11-13-4-6-15(7-5-13)18(19,20)21/h4-10H,3,11H2,1-2H3. The van der Waals surface area contributed by atoms with Gasteiger partial charge in [0.1, 0.15) is 12.4 Å². The van der Waals surface area contributed by atoms with Gasteiger partial charge in [-0.25, -0.2) is 0 Å². The van der Waals surface area contributed by atoms with Crippen LogP contribution in [0.4, 0.5) is 13.2 Å². The minimum atomic E-state index is -4.34. The summed E-state index contributed by atoms with van der Waals surface area (Å²) < 4.78 is 43.1. The molecule has 0 unspecified atom stereocenters. The van der Waals surface area contributed by atoms with E-state index in [0.717, 1.165) is 17.7 Å². The van der Waals surface area contributed by atoms with Crippen molar-refractivity contribution in [2.75, 3.05) is 0 Å². The first-order valence-electron chi connectivity index (χ1n) is 7.24. The number of aryl methyl sites for hydroxylation is 1. The van der Waals surface area contributed by atoms with Gasteiger partial charge in [0.15, 0.2) is 5.78 Å². The predicted octanol–water partition coefficient (Wildman–Crippen LogP) is 5.05. The third-order valence-electron chi connectivity index (χ3n) is 3.52. The molecule has 2 nitrogen and oxygen atoms in total. The number of hydrogen-bond donors (Lipinski definition) is 0. The van der Waals surface area contributed by atoms with Crippen molar-refractivity contribution in [2.24, 2.45) is 0 Å². The fourth-order valence-corrected chi connectivity index (χ4v) is 2.25. The van der Waals surface area contributed by atoms with Crippen molar-refractivity contribution in [1.82, 2.24) is 0 Å². The summed E-state index contributed by atoms with van der Waals surface area (Å²) in [6, 6.07) is 10.1. The van der Waals surface area contributed by atoms with Crippen LogP contribution in [0.25, 0.3) is 0 Å². The van der Waals surface area contributed by atoms with E-state index in [2.05, 4.69) is 0 Å². The van der Waals surface area contributed by atoms with Crippen molar-refractivity contribution in [3.8, 4) is 5.75 Å². The fraction of sp³-hybridized carbons (Fsp3) is 0.278. The number of Topliss-reactive ketones (excluding diaryl/α,β-unsaturated/α-hetero) is 1. The lowest BCUT2D eigenvalue weighted by Crippen LogP contribution is -2.05. The molecule has 0 bridgehead atoms. The molecule has 0 aliphatic heterocycles. The highest BCUT2D eigenvalue weighted by molar-refractivity contribution is 5.95. The highest BCUT2D eigenvalue weighted by Crippen LogP contribution is 2.29. The molecule has 0 atom stereocenters. The number of halogens is 3. The topological polar surface area (TPSA) is 26.3 Å². The maximum absolute atomic E-state index is 12.5. The van der Waals surface area contributed by atoms with E-state index in [4.69, 9.17) is 4.74 Å². The van der Waals surface area contributed by atoms with Crippen LogP contribution in [0.5, 0.6) is 5.75 Å². The first kappa shape index (κ1) is 17.1. The van der Waals surface area contributed by atoms with Crippen LogP contribution in [0.2, 0.25) is 0 Å². The number of carbonyl (C=O) groups excluding carboxylic acids is 1. The third-order valence-corrected chi connectivity index (χ3v) is 3.52. The van der Waals surface area contributed by atoms with Crippen molar-refractivity contribution in [3.63, 3.8) is 0 Å². The van der Waals surface area contributed by atoms with Gasteiger partial charge in [0.25, 0.3) is 0 Å². The molecule has 0 spiro atoms. The van der Waals surface area contributed by atoms with Gasteiger partial charge in [0, 0.05) is 5.56 Å². The van der Waals surface area contributed by atoms with Crippen LogP contribution in [-0.2, 0) is 19.2 Å². The molecule has 0 heterocycles. The molecule has 0 saturated carbocycles. The second kappa shape index (κ2) is 6.86. The molecule has 23 heavy (non-hydrogen) atoms. The molecule has 0 N–H and O–H groups in total. The third kappa shape index (κ3) is 4.34. The lowest BCUT2D eigenvalue weighted by Gasteiger charge is -2.11. The smallest absolute Gasteiger partial charge is 0.416 e. The molecule has 0 radical (unpaired) electrons. The van der Waals surface area contributed by atoms with Crippen molar-refractivity contribution in [3.05, 3.63) is 64.7 Å². The second-order valence-electron chi connectivity index (χ2n) is 5.21. The number of carbonyl (C=O) groups is 1. The quantitative estimate of drug-likeness (QED) is 0.720. The normalized spacial score (nSPS) is 11.3. The van der Waals surface area contributed by atoms with Gasteiger partial charge in [-0.05, 0) is 54.8 Å². The molecule has 0 aliphatic rings. The summed E-state index contributed by atoms with van der Waals surface area (Å²) in [6.07, 6.45) is -3.63. The summed E-state index contributed by atoms with van der Waals surface area (Å²) in [4.78, 5) is 11.5. The zero-order chi connectivity index (χ0) is 17.0. The van der Waals surface area contributed by atoms with Crippen LogP contribution in [0.3, 0.4) is 0 Å². The maximum Gasteiger partial charge on any atom is 0.416 e. The van der Waals surface area contributed by atoms with Crippen LogP contribution < -0.4 is 4.74 Å². The highest BCUT2D eigenvalue weighted by atomic mass is 19.4. The number of hydrogen-bond acceptors (Lipinski definition) is 2. The molecule has 0 saturated heterocycles. The van der Waals surface area contributed by atoms with E-state index in [0.29, 0.717) is 23.3 Å². The van der Waals surface area contributed by atoms with Crippen LogP contribution in [-0.4, -0.2) is 5.78 Å². The average molecular weight is 322 g/mol. The number of benzene rings is 2. The lowest BCUT2D eigenvalue weighted by atomic mass is 10.0. The molecular formula is C18H17F3O2. The Labute approximate surface area is 132 Å². The van der Waals surface area contributed by atoms with E-state index in [1.54, 1.807) is 18.2 Å². The Morgan fingerprint density at radius 1 is 1.09 bits per heavy atom. The summed E-state index contributed by atoms with van der Waals surface area (Å²) in [6.45, 7) is 3.62. The Kier molecular flexibility index (Phi) is 5.08. The minimum absolute atomic E-state index is 0.00357. The predicted molar refractivity (Wildman–Crippen MR) is 81.6 cm³/mol. The maximum atomic E-state index is 12.5. The van der Waals surface area contributed by atoms with E-state index in [9.17, 15) is 18.0 Å². The fourth-order valence-electron chi connectivity index (χ4n) is 2.25. The van der Waals surface area contributed by atoms with Gasteiger partial charge in [-0.2, -0.15) is 13.2 Å². The molecule has 0 fully saturated rings. The van der Waals surface area contributed by atoms with E-state index in [-0.39, 0.29) is 12.4 Å². The van der Waals surface area contributed by atoms with E-state index in [1.165, 1.54) is 19.1 Å². The van der Waals surface area contributed by atoms with Gasteiger partial charge >= 0.3 is 6.18 Å². The van der Waals surface area contributed by atoms with Crippen molar-refractivity contribution in [2.45, 2.75) is 33.1 Å². The zero-order valence-corrected chi connectivity index (χ0v) is 12.9.